The number of nitrogens with zero attached hydrogens (tertiary/aromatic N) is 3. The molecule has 4 rings (SSSR count). The van der Waals surface area contributed by atoms with Crippen LogP contribution in [-0.4, -0.2) is 62.0 Å². The Bertz CT molecular complexity index is 1870. The van der Waals surface area contributed by atoms with Gasteiger partial charge in [-0.3, -0.25) is 0 Å². The number of hydrogen-bond acceptors (Lipinski definition) is 11. The third-order valence-corrected chi connectivity index (χ3v) is 8.20. The summed E-state index contributed by atoms with van der Waals surface area (Å²) >= 11 is 6.70. The van der Waals surface area contributed by atoms with Crippen LogP contribution in [0.2, 0.25) is 0 Å². The number of hydrogen-bond donors (Lipinski definition) is 1. The largest absolute Gasteiger partial charge is 0.744 e. The number of ether oxygens (including phenoxy) is 4. The highest BCUT2D eigenvalue weighted by atomic mass is 79.9. The minimum absolute atomic E-state index is 0.0851. The molecule has 0 aliphatic heterocycles. The number of aryl methyl sites for hydroxylation is 3. The molecule has 0 amide bonds. The van der Waals surface area contributed by atoms with Gasteiger partial charge >= 0.3 is 11.9 Å². The number of benzene rings is 1. The number of nitrogen functional groups attached to an aromatic ring is 1. The van der Waals surface area contributed by atoms with E-state index in [0.717, 1.165) is 26.0 Å². The number of carbonyl (C=O) groups excluding carboxylic acids is 2. The molecular formula is C32H38Br2N4O9S. The number of pyridine rings is 2. The zero-order valence-electron chi connectivity index (χ0n) is 27.8. The number of rotatable bonds is 6. The highest BCUT2D eigenvalue weighted by Crippen LogP contribution is 2.27. The fourth-order valence-electron chi connectivity index (χ4n) is 4.08. The van der Waals surface area contributed by atoms with Gasteiger partial charge in [0.25, 0.3) is 0 Å². The molecule has 2 N–H and O–H groups in total. The van der Waals surface area contributed by atoms with Gasteiger partial charge in [-0.05, 0) is 83.7 Å². The van der Waals surface area contributed by atoms with Crippen molar-refractivity contribution < 1.29 is 46.2 Å². The van der Waals surface area contributed by atoms with Gasteiger partial charge in [-0.2, -0.15) is 5.10 Å². The van der Waals surface area contributed by atoms with E-state index in [1.54, 1.807) is 82.9 Å². The predicted octanol–water partition coefficient (Wildman–Crippen LogP) is 4.75. The first kappa shape index (κ1) is 41.9. The molecule has 0 spiro atoms. The Morgan fingerprint density at radius 1 is 1.02 bits per heavy atom. The molecule has 3 aromatic heterocycles. The normalized spacial score (nSPS) is 10.1. The van der Waals surface area contributed by atoms with Crippen molar-refractivity contribution in [3.8, 4) is 23.8 Å². The first-order valence-corrected chi connectivity index (χ1v) is 17.0. The summed E-state index contributed by atoms with van der Waals surface area (Å²) in [5.74, 6) is 7.87. The summed E-state index contributed by atoms with van der Waals surface area (Å²) in [7, 11) is -1.14. The van der Waals surface area contributed by atoms with Gasteiger partial charge in [-0.15, -0.1) is 6.42 Å². The van der Waals surface area contributed by atoms with Gasteiger partial charge in [-0.25, -0.2) is 28.4 Å². The zero-order valence-corrected chi connectivity index (χ0v) is 31.8. The van der Waals surface area contributed by atoms with Crippen LogP contribution in [0, 0.1) is 40.0 Å². The van der Waals surface area contributed by atoms with E-state index < -0.39 is 16.1 Å². The Balaban J connectivity index is 0.000000335. The summed E-state index contributed by atoms with van der Waals surface area (Å²) < 4.78 is 56.7. The second kappa shape index (κ2) is 19.6. The molecule has 0 radical (unpaired) electrons. The molecule has 13 nitrogen and oxygen atoms in total. The molecule has 0 aliphatic rings. The third-order valence-electron chi connectivity index (χ3n) is 6.01. The number of esters is 2. The van der Waals surface area contributed by atoms with E-state index in [1.807, 2.05) is 19.9 Å². The van der Waals surface area contributed by atoms with Gasteiger partial charge in [0.2, 0.25) is 11.9 Å². The van der Waals surface area contributed by atoms with Crippen molar-refractivity contribution in [2.45, 2.75) is 46.4 Å². The molecule has 1 aromatic carbocycles. The van der Waals surface area contributed by atoms with E-state index in [1.165, 1.54) is 10.9 Å². The van der Waals surface area contributed by atoms with Crippen LogP contribution in [0.25, 0.3) is 5.52 Å². The number of fused-ring (bicyclic) bond motifs is 1. The van der Waals surface area contributed by atoms with Gasteiger partial charge in [0, 0.05) is 23.4 Å². The van der Waals surface area contributed by atoms with E-state index in [2.05, 4.69) is 48.1 Å². The molecule has 48 heavy (non-hydrogen) atoms. The van der Waals surface area contributed by atoms with Gasteiger partial charge < -0.3 is 23.5 Å². The molecule has 0 fully saturated rings. The number of aromatic nitrogens is 3. The molecule has 0 saturated heterocycles. The summed E-state index contributed by atoms with van der Waals surface area (Å²) in [5, 5.41) is 4.10. The van der Waals surface area contributed by atoms with Crippen LogP contribution < -0.4 is 20.0 Å². The number of methoxy groups -OCH3 is 2. The summed E-state index contributed by atoms with van der Waals surface area (Å²) in [6, 6.07) is 7.04. The van der Waals surface area contributed by atoms with Crippen LogP contribution in [0.5, 0.6) is 11.5 Å². The van der Waals surface area contributed by atoms with E-state index in [-0.39, 0.29) is 10.9 Å². The molecule has 3 heterocycles. The summed E-state index contributed by atoms with van der Waals surface area (Å²) in [6.45, 7) is 11.2. The number of terminal acetylenes is 1. The van der Waals surface area contributed by atoms with Crippen LogP contribution in [0.1, 0.15) is 46.6 Å². The molecule has 0 saturated carbocycles. The smallest absolute Gasteiger partial charge is 0.384 e. The SMILES string of the molecule is C#CC(=O)OCC.CCOC(=O)c1cnn2cc(OC)cc(Br)c12.COc1cc(Br)c[n+](N)c1C.Cc1cc(C)c(S(=O)(=O)[O-])c(C)c1. The highest BCUT2D eigenvalue weighted by Gasteiger charge is 2.17. The van der Waals surface area contributed by atoms with E-state index in [9.17, 15) is 22.6 Å². The lowest BCUT2D eigenvalue weighted by molar-refractivity contribution is -0.646. The lowest BCUT2D eigenvalue weighted by Gasteiger charge is -2.14. The molecule has 0 aliphatic carbocycles. The zero-order chi connectivity index (χ0) is 36.8. The average Bonchev–Trinajstić information content (AvgIpc) is 3.44. The van der Waals surface area contributed by atoms with Crippen LogP contribution in [0.15, 0.2) is 56.7 Å². The first-order valence-electron chi connectivity index (χ1n) is 14.0. The van der Waals surface area contributed by atoms with E-state index in [4.69, 9.17) is 20.1 Å². The van der Waals surface area contributed by atoms with Gasteiger partial charge in [0.05, 0.1) is 54.7 Å². The maximum absolute atomic E-state index is 11.7. The van der Waals surface area contributed by atoms with Crippen molar-refractivity contribution in [3.05, 3.63) is 79.7 Å². The number of carbonyl (C=O) groups is 2. The van der Waals surface area contributed by atoms with E-state index >= 15 is 0 Å². The van der Waals surface area contributed by atoms with Gasteiger partial charge in [0.1, 0.15) is 21.4 Å². The second-order valence-corrected chi connectivity index (χ2v) is 12.7. The summed E-state index contributed by atoms with van der Waals surface area (Å²) in [6.07, 6.45) is 9.59. The molecule has 0 unspecified atom stereocenters. The third kappa shape index (κ3) is 12.5. The van der Waals surface area contributed by atoms with Gasteiger partial charge in [-0.1, -0.05) is 22.4 Å². The van der Waals surface area contributed by atoms with Crippen LogP contribution in [0.4, 0.5) is 0 Å². The number of halogens is 2. The maximum Gasteiger partial charge on any atom is 0.384 e. The highest BCUT2D eigenvalue weighted by molar-refractivity contribution is 9.11. The first-order chi connectivity index (χ1) is 22.4. The lowest BCUT2D eigenvalue weighted by Crippen LogP contribution is -2.47. The molecular weight excluding hydrogens is 776 g/mol. The minimum atomic E-state index is -4.33. The number of nitrogens with two attached hydrogens (primary N) is 1. The predicted molar refractivity (Wildman–Crippen MR) is 185 cm³/mol. The van der Waals surface area contributed by atoms with E-state index in [0.29, 0.717) is 41.2 Å². The van der Waals surface area contributed by atoms with Crippen LogP contribution in [0.3, 0.4) is 0 Å². The average molecular weight is 815 g/mol. The minimum Gasteiger partial charge on any atom is -0.744 e. The Morgan fingerprint density at radius 2 is 1.60 bits per heavy atom. The Morgan fingerprint density at radius 3 is 2.06 bits per heavy atom. The van der Waals surface area contributed by atoms with Crippen molar-refractivity contribution in [1.82, 2.24) is 9.61 Å². The van der Waals surface area contributed by atoms with Crippen molar-refractivity contribution in [2.75, 3.05) is 33.3 Å². The van der Waals surface area contributed by atoms with Crippen molar-refractivity contribution in [2.24, 2.45) is 0 Å². The Hall–Kier alpha value is -4.17. The van der Waals surface area contributed by atoms with Crippen molar-refractivity contribution in [3.63, 3.8) is 0 Å². The summed E-state index contributed by atoms with van der Waals surface area (Å²) in [5.41, 5.74) is 4.00. The topological polar surface area (TPSA) is 175 Å². The Labute approximate surface area is 297 Å². The van der Waals surface area contributed by atoms with Crippen molar-refractivity contribution in [1.29, 1.82) is 0 Å². The molecule has 260 valence electrons. The van der Waals surface area contributed by atoms with Crippen LogP contribution in [-0.2, 0) is 24.4 Å². The standard InChI is InChI=1S/C11H11BrN2O3.C9H12O3S.C7H10BrN2O.C5H6O2/c1-3-17-11(15)8-5-13-14-6-7(16-2)4-9(12)10(8)14;1-6-4-7(2)9(8(3)5-6)13(10,11)12;1-5-7(11-2)3-6(8)4-10(5)9;1-3-5(6)7-4-2/h4-6H,3H2,1-2H3;4-5H,1-3H3,(H,10,11,12);3-4H,9H2,1-2H3;1H,4H2,2H3/q;;+1;/p-1. The molecule has 0 bridgehead atoms. The molecule has 16 heteroatoms. The lowest BCUT2D eigenvalue weighted by atomic mass is 10.1. The monoisotopic (exact) mass is 812 g/mol. The molecule has 0 atom stereocenters. The Kier molecular flexibility index (Phi) is 17.1. The fraction of sp³-hybridized carbons (Fsp3) is 0.312. The molecule has 4 aromatic rings. The van der Waals surface area contributed by atoms with Gasteiger partial charge in [0.15, 0.2) is 5.75 Å². The second-order valence-electron chi connectivity index (χ2n) is 9.57. The van der Waals surface area contributed by atoms with Crippen LogP contribution >= 0.6 is 31.9 Å². The maximum atomic E-state index is 11.7. The van der Waals surface area contributed by atoms with Crippen molar-refractivity contribution >= 4 is 59.4 Å². The quantitative estimate of drug-likeness (QED) is 0.0711. The summed E-state index contributed by atoms with van der Waals surface area (Å²) in [4.78, 5) is 21.6. The fourth-order valence-corrected chi connectivity index (χ4v) is 6.04.